The minimum absolute atomic E-state index is 0.269. The van der Waals surface area contributed by atoms with E-state index >= 15 is 0 Å². The van der Waals surface area contributed by atoms with E-state index in [1.54, 1.807) is 0 Å². The Kier molecular flexibility index (Phi) is 5.10. The van der Waals surface area contributed by atoms with Crippen molar-refractivity contribution in [3.05, 3.63) is 26.6 Å². The molecular formula is C14H19Br2NO. The number of phenols is 1. The van der Waals surface area contributed by atoms with Crippen LogP contribution in [-0.4, -0.2) is 11.1 Å². The summed E-state index contributed by atoms with van der Waals surface area (Å²) in [5.41, 5.74) is 1.19. The lowest BCUT2D eigenvalue weighted by atomic mass is 9.87. The van der Waals surface area contributed by atoms with Gasteiger partial charge in [-0.1, -0.05) is 6.92 Å². The summed E-state index contributed by atoms with van der Waals surface area (Å²) >= 11 is 6.73. The largest absolute Gasteiger partial charge is 0.506 e. The Morgan fingerprint density at radius 2 is 1.72 bits per heavy atom. The van der Waals surface area contributed by atoms with E-state index in [-0.39, 0.29) is 5.75 Å². The summed E-state index contributed by atoms with van der Waals surface area (Å²) in [6, 6.07) is 4.59. The predicted octanol–water partition coefficient (Wildman–Crippen LogP) is 4.59. The van der Waals surface area contributed by atoms with Gasteiger partial charge in [-0.25, -0.2) is 0 Å². The molecule has 0 unspecified atom stereocenters. The molecule has 4 heteroatoms. The molecule has 1 aliphatic carbocycles. The monoisotopic (exact) mass is 375 g/mol. The molecule has 18 heavy (non-hydrogen) atoms. The molecule has 0 amide bonds. The first-order valence-corrected chi connectivity index (χ1v) is 8.05. The third-order valence-corrected chi connectivity index (χ3v) is 4.90. The molecule has 2 N–H and O–H groups in total. The van der Waals surface area contributed by atoms with E-state index in [1.807, 2.05) is 12.1 Å². The van der Waals surface area contributed by atoms with Crippen molar-refractivity contribution in [2.75, 3.05) is 0 Å². The molecule has 0 saturated heterocycles. The minimum atomic E-state index is 0.269. The molecule has 0 radical (unpaired) electrons. The minimum Gasteiger partial charge on any atom is -0.506 e. The predicted molar refractivity (Wildman–Crippen MR) is 81.8 cm³/mol. The first kappa shape index (κ1) is 14.4. The summed E-state index contributed by atoms with van der Waals surface area (Å²) in [6.45, 7) is 3.20. The molecule has 0 bridgehead atoms. The quantitative estimate of drug-likeness (QED) is 0.808. The second kappa shape index (κ2) is 6.40. The van der Waals surface area contributed by atoms with Gasteiger partial charge in [-0.2, -0.15) is 0 Å². The fraction of sp³-hybridized carbons (Fsp3) is 0.571. The number of benzene rings is 1. The van der Waals surface area contributed by atoms with Crippen molar-refractivity contribution in [1.82, 2.24) is 5.32 Å². The Bertz CT molecular complexity index is 391. The van der Waals surface area contributed by atoms with E-state index in [0.717, 1.165) is 21.4 Å². The summed E-state index contributed by atoms with van der Waals surface area (Å²) in [6.07, 6.45) is 5.23. The molecular weight excluding hydrogens is 358 g/mol. The fourth-order valence-electron chi connectivity index (χ4n) is 2.45. The standard InChI is InChI=1S/C14H19Br2NO/c1-9-2-4-11(5-3-9)17-8-10-6-12(15)14(18)13(16)7-10/h6-7,9,11,17-18H,2-5,8H2,1H3. The van der Waals surface area contributed by atoms with Gasteiger partial charge in [0.2, 0.25) is 0 Å². The molecule has 100 valence electrons. The van der Waals surface area contributed by atoms with Crippen LogP contribution in [0, 0.1) is 5.92 Å². The Balaban J connectivity index is 1.90. The van der Waals surface area contributed by atoms with Crippen LogP contribution in [0.1, 0.15) is 38.2 Å². The number of halogens is 2. The lowest BCUT2D eigenvalue weighted by Gasteiger charge is -2.27. The summed E-state index contributed by atoms with van der Waals surface area (Å²) in [4.78, 5) is 0. The zero-order chi connectivity index (χ0) is 13.1. The third-order valence-electron chi connectivity index (χ3n) is 3.69. The van der Waals surface area contributed by atoms with E-state index in [1.165, 1.54) is 31.2 Å². The van der Waals surface area contributed by atoms with Gasteiger partial charge in [0.05, 0.1) is 8.95 Å². The topological polar surface area (TPSA) is 32.3 Å². The lowest BCUT2D eigenvalue weighted by molar-refractivity contribution is 0.306. The summed E-state index contributed by atoms with van der Waals surface area (Å²) in [5.74, 6) is 1.16. The van der Waals surface area contributed by atoms with Crippen LogP contribution in [0.25, 0.3) is 0 Å². The average molecular weight is 377 g/mol. The normalized spacial score (nSPS) is 24.2. The van der Waals surface area contributed by atoms with Crippen LogP contribution in [0.15, 0.2) is 21.1 Å². The smallest absolute Gasteiger partial charge is 0.143 e. The van der Waals surface area contributed by atoms with Gasteiger partial charge < -0.3 is 10.4 Å². The Labute approximate surface area is 125 Å². The lowest BCUT2D eigenvalue weighted by Crippen LogP contribution is -2.32. The molecule has 1 fully saturated rings. The van der Waals surface area contributed by atoms with Gasteiger partial charge in [-0.15, -0.1) is 0 Å². The van der Waals surface area contributed by atoms with Crippen LogP contribution in [0.5, 0.6) is 5.75 Å². The molecule has 0 aromatic heterocycles. The molecule has 0 heterocycles. The molecule has 1 saturated carbocycles. The first-order valence-electron chi connectivity index (χ1n) is 6.46. The van der Waals surface area contributed by atoms with Crippen molar-refractivity contribution >= 4 is 31.9 Å². The summed E-state index contributed by atoms with van der Waals surface area (Å²) in [7, 11) is 0. The highest BCUT2D eigenvalue weighted by Crippen LogP contribution is 2.33. The SMILES string of the molecule is CC1CCC(NCc2cc(Br)c(O)c(Br)c2)CC1. The number of hydrogen-bond donors (Lipinski definition) is 2. The number of rotatable bonds is 3. The second-order valence-corrected chi connectivity index (χ2v) is 6.95. The molecule has 0 spiro atoms. The Morgan fingerprint density at radius 3 is 2.28 bits per heavy atom. The highest BCUT2D eigenvalue weighted by Gasteiger charge is 2.17. The van der Waals surface area contributed by atoms with Crippen molar-refractivity contribution in [3.8, 4) is 5.75 Å². The maximum atomic E-state index is 9.66. The molecule has 0 atom stereocenters. The van der Waals surface area contributed by atoms with Crippen molar-refractivity contribution < 1.29 is 5.11 Å². The van der Waals surface area contributed by atoms with Crippen molar-refractivity contribution in [1.29, 1.82) is 0 Å². The van der Waals surface area contributed by atoms with E-state index in [2.05, 4.69) is 44.1 Å². The van der Waals surface area contributed by atoms with Crippen LogP contribution in [-0.2, 0) is 6.54 Å². The molecule has 2 rings (SSSR count). The fourth-order valence-corrected chi connectivity index (χ4v) is 3.73. The van der Waals surface area contributed by atoms with E-state index < -0.39 is 0 Å². The molecule has 0 aliphatic heterocycles. The third kappa shape index (κ3) is 3.72. The zero-order valence-electron chi connectivity index (χ0n) is 10.5. The van der Waals surface area contributed by atoms with Gasteiger partial charge in [0, 0.05) is 12.6 Å². The van der Waals surface area contributed by atoms with Gasteiger partial charge in [-0.05, 0) is 81.2 Å². The van der Waals surface area contributed by atoms with E-state index in [4.69, 9.17) is 0 Å². The zero-order valence-corrected chi connectivity index (χ0v) is 13.7. The maximum absolute atomic E-state index is 9.66. The van der Waals surface area contributed by atoms with Gasteiger partial charge >= 0.3 is 0 Å². The van der Waals surface area contributed by atoms with Crippen LogP contribution in [0.2, 0.25) is 0 Å². The van der Waals surface area contributed by atoms with E-state index in [9.17, 15) is 5.11 Å². The van der Waals surface area contributed by atoms with Gasteiger partial charge in [-0.3, -0.25) is 0 Å². The van der Waals surface area contributed by atoms with Crippen molar-refractivity contribution in [3.63, 3.8) is 0 Å². The summed E-state index contributed by atoms with van der Waals surface area (Å²) < 4.78 is 1.48. The van der Waals surface area contributed by atoms with E-state index in [0.29, 0.717) is 6.04 Å². The van der Waals surface area contributed by atoms with Gasteiger partial charge in [0.15, 0.2) is 0 Å². The number of hydrogen-bond acceptors (Lipinski definition) is 2. The van der Waals surface area contributed by atoms with Gasteiger partial charge in [0.1, 0.15) is 5.75 Å². The van der Waals surface area contributed by atoms with Crippen LogP contribution in [0.3, 0.4) is 0 Å². The number of nitrogens with one attached hydrogen (secondary N) is 1. The molecule has 1 aliphatic rings. The first-order chi connectivity index (χ1) is 8.56. The van der Waals surface area contributed by atoms with Crippen molar-refractivity contribution in [2.24, 2.45) is 5.92 Å². The highest BCUT2D eigenvalue weighted by molar-refractivity contribution is 9.11. The Hall–Kier alpha value is -0.0600. The van der Waals surface area contributed by atoms with Crippen molar-refractivity contribution in [2.45, 2.75) is 45.2 Å². The highest BCUT2D eigenvalue weighted by atomic mass is 79.9. The van der Waals surface area contributed by atoms with Gasteiger partial charge in [0.25, 0.3) is 0 Å². The molecule has 2 nitrogen and oxygen atoms in total. The number of phenolic OH excluding ortho intramolecular Hbond substituents is 1. The van der Waals surface area contributed by atoms with Crippen LogP contribution < -0.4 is 5.32 Å². The average Bonchev–Trinajstić information content (AvgIpc) is 2.35. The number of aromatic hydroxyl groups is 1. The summed E-state index contributed by atoms with van der Waals surface area (Å²) in [5, 5.41) is 13.3. The molecule has 1 aromatic carbocycles. The second-order valence-electron chi connectivity index (χ2n) is 5.25. The van der Waals surface area contributed by atoms with Crippen LogP contribution >= 0.6 is 31.9 Å². The molecule has 1 aromatic rings. The van der Waals surface area contributed by atoms with Crippen LogP contribution in [0.4, 0.5) is 0 Å². The Morgan fingerprint density at radius 1 is 1.17 bits per heavy atom. The maximum Gasteiger partial charge on any atom is 0.143 e.